The van der Waals surface area contributed by atoms with Crippen LogP contribution in [0.4, 0.5) is 16.2 Å². The third-order valence-corrected chi connectivity index (χ3v) is 3.80. The van der Waals surface area contributed by atoms with E-state index >= 15 is 0 Å². The number of carbonyl (C=O) groups is 2. The number of hydrogen-bond donors (Lipinski definition) is 3. The molecule has 0 radical (unpaired) electrons. The van der Waals surface area contributed by atoms with Gasteiger partial charge in [-0.05, 0) is 42.8 Å². The quantitative estimate of drug-likeness (QED) is 0.725. The Morgan fingerprint density at radius 3 is 2.50 bits per heavy atom. The standard InChI is InChI=1S/C17H17Cl2N3O2/c1-10(12-4-3-5-14(8-12)21-11(2)23)20-17(24)22-16-9-13(18)6-7-15(16)19/h3-10H,1-2H3,(H,21,23)(H2,20,22,24). The maximum absolute atomic E-state index is 12.1. The van der Waals surface area contributed by atoms with Gasteiger partial charge in [0.15, 0.2) is 0 Å². The van der Waals surface area contributed by atoms with E-state index in [9.17, 15) is 9.59 Å². The van der Waals surface area contributed by atoms with Crippen LogP contribution in [-0.4, -0.2) is 11.9 Å². The molecule has 7 heteroatoms. The fourth-order valence-corrected chi connectivity index (χ4v) is 2.46. The van der Waals surface area contributed by atoms with Gasteiger partial charge in [0, 0.05) is 17.6 Å². The molecular formula is C17H17Cl2N3O2. The molecule has 0 aliphatic heterocycles. The molecule has 126 valence electrons. The van der Waals surface area contributed by atoms with Gasteiger partial charge in [-0.25, -0.2) is 4.79 Å². The molecule has 2 aromatic rings. The number of benzene rings is 2. The molecule has 1 atom stereocenters. The first-order valence-electron chi connectivity index (χ1n) is 7.25. The van der Waals surface area contributed by atoms with Crippen molar-refractivity contribution < 1.29 is 9.59 Å². The summed E-state index contributed by atoms with van der Waals surface area (Å²) in [5.74, 6) is -0.152. The summed E-state index contributed by atoms with van der Waals surface area (Å²) in [7, 11) is 0. The molecule has 0 spiro atoms. The summed E-state index contributed by atoms with van der Waals surface area (Å²) >= 11 is 11.9. The van der Waals surface area contributed by atoms with Gasteiger partial charge in [-0.2, -0.15) is 0 Å². The Labute approximate surface area is 150 Å². The zero-order valence-electron chi connectivity index (χ0n) is 13.2. The van der Waals surface area contributed by atoms with Gasteiger partial charge in [0.1, 0.15) is 0 Å². The summed E-state index contributed by atoms with van der Waals surface area (Å²) in [5, 5.41) is 9.05. The second kappa shape index (κ2) is 8.04. The zero-order valence-corrected chi connectivity index (χ0v) is 14.7. The van der Waals surface area contributed by atoms with Crippen LogP contribution in [0.15, 0.2) is 42.5 Å². The Kier molecular flexibility index (Phi) is 6.06. The first-order chi connectivity index (χ1) is 11.3. The monoisotopic (exact) mass is 365 g/mol. The van der Waals surface area contributed by atoms with Gasteiger partial charge in [0.2, 0.25) is 5.91 Å². The van der Waals surface area contributed by atoms with E-state index in [0.29, 0.717) is 21.4 Å². The molecular weight excluding hydrogens is 349 g/mol. The normalized spacial score (nSPS) is 11.5. The number of carbonyl (C=O) groups excluding carboxylic acids is 2. The lowest BCUT2D eigenvalue weighted by Crippen LogP contribution is -2.31. The zero-order chi connectivity index (χ0) is 17.7. The van der Waals surface area contributed by atoms with Crippen molar-refractivity contribution in [1.29, 1.82) is 0 Å². The molecule has 5 nitrogen and oxygen atoms in total. The molecule has 2 rings (SSSR count). The van der Waals surface area contributed by atoms with Gasteiger partial charge >= 0.3 is 6.03 Å². The van der Waals surface area contributed by atoms with E-state index in [1.165, 1.54) is 6.92 Å². The summed E-state index contributed by atoms with van der Waals surface area (Å²) in [6.07, 6.45) is 0. The topological polar surface area (TPSA) is 70.2 Å². The van der Waals surface area contributed by atoms with Crippen molar-refractivity contribution in [2.45, 2.75) is 19.9 Å². The van der Waals surface area contributed by atoms with Crippen LogP contribution in [0.5, 0.6) is 0 Å². The van der Waals surface area contributed by atoms with Crippen LogP contribution in [0.25, 0.3) is 0 Å². The third-order valence-electron chi connectivity index (χ3n) is 3.23. The molecule has 0 saturated heterocycles. The fraction of sp³-hybridized carbons (Fsp3) is 0.176. The smallest absolute Gasteiger partial charge is 0.319 e. The Morgan fingerprint density at radius 1 is 1.04 bits per heavy atom. The number of halogens is 2. The first-order valence-corrected chi connectivity index (χ1v) is 8.01. The molecule has 0 aromatic heterocycles. The van der Waals surface area contributed by atoms with Crippen LogP contribution < -0.4 is 16.0 Å². The fourth-order valence-electron chi connectivity index (χ4n) is 2.12. The molecule has 0 bridgehead atoms. The number of urea groups is 1. The molecule has 0 aliphatic rings. The van der Waals surface area contributed by atoms with Crippen LogP contribution in [0, 0.1) is 0 Å². The summed E-state index contributed by atoms with van der Waals surface area (Å²) in [4.78, 5) is 23.2. The van der Waals surface area contributed by atoms with E-state index in [2.05, 4.69) is 16.0 Å². The van der Waals surface area contributed by atoms with E-state index in [1.807, 2.05) is 19.1 Å². The number of amides is 3. The van der Waals surface area contributed by atoms with Crippen LogP contribution >= 0.6 is 23.2 Å². The third kappa shape index (κ3) is 5.15. The van der Waals surface area contributed by atoms with Crippen LogP contribution in [-0.2, 0) is 4.79 Å². The molecule has 0 heterocycles. The molecule has 2 aromatic carbocycles. The Bertz CT molecular complexity index is 765. The number of anilines is 2. The van der Waals surface area contributed by atoms with E-state index in [0.717, 1.165) is 5.56 Å². The molecule has 24 heavy (non-hydrogen) atoms. The Morgan fingerprint density at radius 2 is 1.79 bits per heavy atom. The Balaban J connectivity index is 2.03. The summed E-state index contributed by atoms with van der Waals surface area (Å²) in [6.45, 7) is 3.28. The molecule has 0 fully saturated rings. The minimum atomic E-state index is -0.406. The van der Waals surface area contributed by atoms with Gasteiger partial charge in [-0.15, -0.1) is 0 Å². The number of rotatable bonds is 4. The number of hydrogen-bond acceptors (Lipinski definition) is 2. The molecule has 1 unspecified atom stereocenters. The average molecular weight is 366 g/mol. The SMILES string of the molecule is CC(=O)Nc1cccc(C(C)NC(=O)Nc2cc(Cl)ccc2Cl)c1. The summed E-state index contributed by atoms with van der Waals surface area (Å²) in [5.41, 5.74) is 1.96. The maximum atomic E-state index is 12.1. The first kappa shape index (κ1) is 18.1. The predicted octanol–water partition coefficient (Wildman–Crippen LogP) is 4.83. The molecule has 3 N–H and O–H groups in total. The molecule has 0 saturated carbocycles. The van der Waals surface area contributed by atoms with Crippen LogP contribution in [0.2, 0.25) is 10.0 Å². The van der Waals surface area contributed by atoms with E-state index in [4.69, 9.17) is 23.2 Å². The second-order valence-electron chi connectivity index (χ2n) is 5.25. The predicted molar refractivity (Wildman–Crippen MR) is 97.8 cm³/mol. The van der Waals surface area contributed by atoms with Gasteiger partial charge in [-0.3, -0.25) is 4.79 Å². The van der Waals surface area contributed by atoms with Crippen molar-refractivity contribution in [2.24, 2.45) is 0 Å². The minimum absolute atomic E-state index is 0.152. The van der Waals surface area contributed by atoms with Gasteiger partial charge in [0.05, 0.1) is 16.8 Å². The minimum Gasteiger partial charge on any atom is -0.331 e. The lowest BCUT2D eigenvalue weighted by atomic mass is 10.1. The van der Waals surface area contributed by atoms with Crippen molar-refractivity contribution in [1.82, 2.24) is 5.32 Å². The van der Waals surface area contributed by atoms with E-state index < -0.39 is 6.03 Å². The largest absolute Gasteiger partial charge is 0.331 e. The highest BCUT2D eigenvalue weighted by atomic mass is 35.5. The lowest BCUT2D eigenvalue weighted by Gasteiger charge is -2.16. The summed E-state index contributed by atoms with van der Waals surface area (Å²) < 4.78 is 0. The highest BCUT2D eigenvalue weighted by molar-refractivity contribution is 6.35. The lowest BCUT2D eigenvalue weighted by molar-refractivity contribution is -0.114. The highest BCUT2D eigenvalue weighted by Gasteiger charge is 2.12. The van der Waals surface area contributed by atoms with Gasteiger partial charge in [-0.1, -0.05) is 35.3 Å². The second-order valence-corrected chi connectivity index (χ2v) is 6.09. The van der Waals surface area contributed by atoms with Crippen molar-refractivity contribution in [3.8, 4) is 0 Å². The van der Waals surface area contributed by atoms with Crippen LogP contribution in [0.1, 0.15) is 25.5 Å². The summed E-state index contributed by atoms with van der Waals surface area (Å²) in [6, 6.07) is 11.4. The number of nitrogens with one attached hydrogen (secondary N) is 3. The van der Waals surface area contributed by atoms with E-state index in [-0.39, 0.29) is 11.9 Å². The van der Waals surface area contributed by atoms with Crippen molar-refractivity contribution in [3.05, 3.63) is 58.1 Å². The van der Waals surface area contributed by atoms with Crippen molar-refractivity contribution >= 4 is 46.5 Å². The van der Waals surface area contributed by atoms with E-state index in [1.54, 1.807) is 30.3 Å². The average Bonchev–Trinajstić information content (AvgIpc) is 2.50. The van der Waals surface area contributed by atoms with Gasteiger partial charge < -0.3 is 16.0 Å². The van der Waals surface area contributed by atoms with Gasteiger partial charge in [0.25, 0.3) is 0 Å². The van der Waals surface area contributed by atoms with Crippen molar-refractivity contribution in [2.75, 3.05) is 10.6 Å². The Hall–Kier alpha value is -2.24. The molecule has 3 amide bonds. The molecule has 0 aliphatic carbocycles. The maximum Gasteiger partial charge on any atom is 0.319 e. The van der Waals surface area contributed by atoms with Crippen LogP contribution in [0.3, 0.4) is 0 Å². The highest BCUT2D eigenvalue weighted by Crippen LogP contribution is 2.25. The van der Waals surface area contributed by atoms with Crippen molar-refractivity contribution in [3.63, 3.8) is 0 Å².